The first kappa shape index (κ1) is 19.2. The van der Waals surface area contributed by atoms with E-state index >= 15 is 0 Å². The molecule has 3 aromatic rings. The van der Waals surface area contributed by atoms with E-state index in [0.717, 1.165) is 16.8 Å². The van der Waals surface area contributed by atoms with E-state index in [0.29, 0.717) is 11.5 Å². The number of nitrogens with one attached hydrogen (secondary N) is 1. The summed E-state index contributed by atoms with van der Waals surface area (Å²) in [4.78, 5) is 16.2. The number of amides is 1. The smallest absolute Gasteiger partial charge is 0.244 e. The van der Waals surface area contributed by atoms with Gasteiger partial charge in [-0.3, -0.25) is 4.79 Å². The van der Waals surface area contributed by atoms with Gasteiger partial charge in [0.05, 0.1) is 25.9 Å². The summed E-state index contributed by atoms with van der Waals surface area (Å²) in [7, 11) is 3.18. The van der Waals surface area contributed by atoms with Gasteiger partial charge in [0.2, 0.25) is 5.91 Å². The molecule has 2 aromatic carbocycles. The van der Waals surface area contributed by atoms with Gasteiger partial charge >= 0.3 is 0 Å². The first-order chi connectivity index (χ1) is 13.6. The summed E-state index contributed by atoms with van der Waals surface area (Å²) >= 11 is 0. The standard InChI is InChI=1S/C21H22N4O3/c1-15(16-4-8-18(9-5-16)25-14-22-13-23-25)24-21(26)11-7-17-6-10-19(27-2)12-20(17)28-3/h4-15H,1-3H3,(H,24,26)/b11-7+. The highest BCUT2D eigenvalue weighted by molar-refractivity contribution is 5.92. The molecule has 7 nitrogen and oxygen atoms in total. The van der Waals surface area contributed by atoms with E-state index in [1.54, 1.807) is 37.4 Å². The Labute approximate surface area is 163 Å². The van der Waals surface area contributed by atoms with Crippen molar-refractivity contribution in [1.82, 2.24) is 20.1 Å². The van der Waals surface area contributed by atoms with Crippen LogP contribution in [0.4, 0.5) is 0 Å². The molecule has 0 aliphatic carbocycles. The van der Waals surface area contributed by atoms with Gasteiger partial charge in [0.25, 0.3) is 0 Å². The molecule has 7 heteroatoms. The van der Waals surface area contributed by atoms with Crippen LogP contribution in [-0.4, -0.2) is 34.9 Å². The molecule has 0 spiro atoms. The summed E-state index contributed by atoms with van der Waals surface area (Å²) in [6.45, 7) is 1.93. The predicted molar refractivity (Wildman–Crippen MR) is 106 cm³/mol. The zero-order valence-electron chi connectivity index (χ0n) is 16.0. The summed E-state index contributed by atoms with van der Waals surface area (Å²) in [6, 6.07) is 13.1. The van der Waals surface area contributed by atoms with Gasteiger partial charge in [-0.1, -0.05) is 12.1 Å². The highest BCUT2D eigenvalue weighted by atomic mass is 16.5. The van der Waals surface area contributed by atoms with Crippen molar-refractivity contribution in [2.75, 3.05) is 14.2 Å². The molecule has 3 rings (SSSR count). The number of rotatable bonds is 7. The summed E-state index contributed by atoms with van der Waals surface area (Å²) < 4.78 is 12.2. The topological polar surface area (TPSA) is 78.3 Å². The third-order valence-corrected chi connectivity index (χ3v) is 4.29. The fourth-order valence-electron chi connectivity index (χ4n) is 2.72. The third-order valence-electron chi connectivity index (χ3n) is 4.29. The van der Waals surface area contributed by atoms with Crippen molar-refractivity contribution in [2.45, 2.75) is 13.0 Å². The van der Waals surface area contributed by atoms with E-state index in [1.165, 1.54) is 12.4 Å². The molecule has 0 aliphatic heterocycles. The Morgan fingerprint density at radius 2 is 1.93 bits per heavy atom. The fraction of sp³-hybridized carbons (Fsp3) is 0.190. The van der Waals surface area contributed by atoms with Crippen LogP contribution >= 0.6 is 0 Å². The van der Waals surface area contributed by atoms with Gasteiger partial charge in [0, 0.05) is 17.7 Å². The van der Waals surface area contributed by atoms with Gasteiger partial charge < -0.3 is 14.8 Å². The minimum Gasteiger partial charge on any atom is -0.497 e. The van der Waals surface area contributed by atoms with Gasteiger partial charge in [-0.05, 0) is 42.8 Å². The largest absolute Gasteiger partial charge is 0.497 e. The maximum Gasteiger partial charge on any atom is 0.244 e. The highest BCUT2D eigenvalue weighted by Crippen LogP contribution is 2.25. The summed E-state index contributed by atoms with van der Waals surface area (Å²) in [5.41, 5.74) is 2.70. The highest BCUT2D eigenvalue weighted by Gasteiger charge is 2.09. The minimum atomic E-state index is -0.189. The van der Waals surface area contributed by atoms with Crippen molar-refractivity contribution in [3.05, 3.63) is 72.3 Å². The number of hydrogen-bond donors (Lipinski definition) is 1. The van der Waals surface area contributed by atoms with Crippen LogP contribution < -0.4 is 14.8 Å². The first-order valence-electron chi connectivity index (χ1n) is 8.76. The van der Waals surface area contributed by atoms with Crippen molar-refractivity contribution in [3.8, 4) is 17.2 Å². The predicted octanol–water partition coefficient (Wildman–Crippen LogP) is 3.18. The second-order valence-corrected chi connectivity index (χ2v) is 6.10. The molecule has 0 saturated carbocycles. The molecule has 28 heavy (non-hydrogen) atoms. The van der Waals surface area contributed by atoms with Crippen molar-refractivity contribution in [2.24, 2.45) is 0 Å². The van der Waals surface area contributed by atoms with Crippen LogP contribution in [-0.2, 0) is 4.79 Å². The van der Waals surface area contributed by atoms with Crippen molar-refractivity contribution in [3.63, 3.8) is 0 Å². The Balaban J connectivity index is 1.63. The minimum absolute atomic E-state index is 0.139. The number of carbonyl (C=O) groups excluding carboxylic acids is 1. The fourth-order valence-corrected chi connectivity index (χ4v) is 2.72. The lowest BCUT2D eigenvalue weighted by Gasteiger charge is -2.13. The molecule has 1 N–H and O–H groups in total. The molecule has 0 aliphatic rings. The first-order valence-corrected chi connectivity index (χ1v) is 8.76. The number of methoxy groups -OCH3 is 2. The monoisotopic (exact) mass is 378 g/mol. The van der Waals surface area contributed by atoms with E-state index in [2.05, 4.69) is 15.4 Å². The van der Waals surface area contributed by atoms with E-state index in [1.807, 2.05) is 43.3 Å². The van der Waals surface area contributed by atoms with Crippen molar-refractivity contribution < 1.29 is 14.3 Å². The molecule has 0 fully saturated rings. The Hall–Kier alpha value is -3.61. The average Bonchev–Trinajstić information content (AvgIpc) is 3.27. The van der Waals surface area contributed by atoms with Gasteiger partial charge in [-0.15, -0.1) is 0 Å². The Kier molecular flexibility index (Phi) is 6.06. The molecular weight excluding hydrogens is 356 g/mol. The van der Waals surface area contributed by atoms with Gasteiger partial charge in [0.15, 0.2) is 0 Å². The molecule has 1 atom stereocenters. The Morgan fingerprint density at radius 1 is 1.14 bits per heavy atom. The van der Waals surface area contributed by atoms with Crippen LogP contribution in [0.15, 0.2) is 61.2 Å². The lowest BCUT2D eigenvalue weighted by molar-refractivity contribution is -0.117. The number of hydrogen-bond acceptors (Lipinski definition) is 5. The van der Waals surface area contributed by atoms with Crippen LogP contribution in [0.3, 0.4) is 0 Å². The number of aromatic nitrogens is 3. The molecule has 1 unspecified atom stereocenters. The second kappa shape index (κ2) is 8.85. The van der Waals surface area contributed by atoms with E-state index < -0.39 is 0 Å². The molecule has 144 valence electrons. The SMILES string of the molecule is COc1ccc(/C=C/C(=O)NC(C)c2ccc(-n3cncn3)cc2)c(OC)c1. The summed E-state index contributed by atoms with van der Waals surface area (Å²) in [5.74, 6) is 1.15. The van der Waals surface area contributed by atoms with E-state index in [4.69, 9.17) is 9.47 Å². The van der Waals surface area contributed by atoms with Crippen LogP contribution in [0.5, 0.6) is 11.5 Å². The summed E-state index contributed by atoms with van der Waals surface area (Å²) in [6.07, 6.45) is 6.33. The average molecular weight is 378 g/mol. The second-order valence-electron chi connectivity index (χ2n) is 6.10. The zero-order chi connectivity index (χ0) is 19.9. The van der Waals surface area contributed by atoms with Gasteiger partial charge in [-0.25, -0.2) is 9.67 Å². The Bertz CT molecular complexity index is 950. The normalized spacial score (nSPS) is 12.0. The van der Waals surface area contributed by atoms with Crippen LogP contribution in [0, 0.1) is 0 Å². The molecule has 0 radical (unpaired) electrons. The third kappa shape index (κ3) is 4.56. The molecule has 0 saturated heterocycles. The quantitative estimate of drug-likeness (QED) is 0.639. The molecule has 0 bridgehead atoms. The number of carbonyl (C=O) groups is 1. The Morgan fingerprint density at radius 3 is 2.57 bits per heavy atom. The maximum atomic E-state index is 12.3. The number of nitrogens with zero attached hydrogens (tertiary/aromatic N) is 3. The van der Waals surface area contributed by atoms with E-state index in [9.17, 15) is 4.79 Å². The molecule has 1 heterocycles. The molecular formula is C21H22N4O3. The van der Waals surface area contributed by atoms with Gasteiger partial charge in [0.1, 0.15) is 24.2 Å². The van der Waals surface area contributed by atoms with Gasteiger partial charge in [-0.2, -0.15) is 5.10 Å². The number of ether oxygens (including phenoxy) is 2. The van der Waals surface area contributed by atoms with E-state index in [-0.39, 0.29) is 11.9 Å². The van der Waals surface area contributed by atoms with Crippen LogP contribution in [0.25, 0.3) is 11.8 Å². The van der Waals surface area contributed by atoms with Crippen LogP contribution in [0.1, 0.15) is 24.1 Å². The lowest BCUT2D eigenvalue weighted by atomic mass is 10.1. The lowest BCUT2D eigenvalue weighted by Crippen LogP contribution is -2.24. The van der Waals surface area contributed by atoms with Crippen molar-refractivity contribution >= 4 is 12.0 Å². The molecule has 1 amide bonds. The van der Waals surface area contributed by atoms with Crippen LogP contribution in [0.2, 0.25) is 0 Å². The van der Waals surface area contributed by atoms with Crippen molar-refractivity contribution in [1.29, 1.82) is 0 Å². The summed E-state index contributed by atoms with van der Waals surface area (Å²) in [5, 5.41) is 7.05. The number of benzene rings is 2. The molecule has 1 aromatic heterocycles. The zero-order valence-corrected chi connectivity index (χ0v) is 16.0. The maximum absolute atomic E-state index is 12.3.